The van der Waals surface area contributed by atoms with Gasteiger partial charge in [-0.3, -0.25) is 9.78 Å². The number of aliphatic hydroxyl groups excluding tert-OH is 1. The van der Waals surface area contributed by atoms with Crippen molar-refractivity contribution in [3.8, 4) is 0 Å². The van der Waals surface area contributed by atoms with Gasteiger partial charge in [-0.05, 0) is 31.5 Å². The highest BCUT2D eigenvalue weighted by Gasteiger charge is 2.56. The molecule has 0 saturated carbocycles. The van der Waals surface area contributed by atoms with E-state index in [4.69, 9.17) is 4.74 Å². The molecule has 1 amide bonds. The highest BCUT2D eigenvalue weighted by molar-refractivity contribution is 8.02. The van der Waals surface area contributed by atoms with Crippen molar-refractivity contribution < 1.29 is 19.4 Å². The van der Waals surface area contributed by atoms with Gasteiger partial charge in [-0.1, -0.05) is 12.7 Å². The summed E-state index contributed by atoms with van der Waals surface area (Å²) in [5.41, 5.74) is 2.35. The lowest BCUT2D eigenvalue weighted by Crippen LogP contribution is -2.61. The second kappa shape index (κ2) is 7.63. The summed E-state index contributed by atoms with van der Waals surface area (Å²) in [5.74, 6) is -0.520. The summed E-state index contributed by atoms with van der Waals surface area (Å²) in [6, 6.07) is 3.76. The van der Waals surface area contributed by atoms with E-state index in [1.807, 2.05) is 19.1 Å². The molecule has 2 aliphatic heterocycles. The highest BCUT2D eigenvalue weighted by atomic mass is 32.2. The lowest BCUT2D eigenvalue weighted by molar-refractivity contribution is -0.162. The van der Waals surface area contributed by atoms with Crippen molar-refractivity contribution in [1.29, 1.82) is 0 Å². The van der Waals surface area contributed by atoms with Gasteiger partial charge in [0.1, 0.15) is 12.3 Å². The van der Waals surface area contributed by atoms with Crippen LogP contribution in [0.1, 0.15) is 24.6 Å². The maximum absolute atomic E-state index is 12.5. The van der Waals surface area contributed by atoms with Gasteiger partial charge in [0.15, 0.2) is 0 Å². The number of amides is 1. The number of pyridine rings is 1. The van der Waals surface area contributed by atoms with Crippen molar-refractivity contribution in [2.45, 2.75) is 38.2 Å². The minimum Gasteiger partial charge on any atom is -0.457 e. The molecule has 6 nitrogen and oxygen atoms in total. The second-order valence-electron chi connectivity index (χ2n) is 6.50. The van der Waals surface area contributed by atoms with E-state index in [1.54, 1.807) is 13.1 Å². The maximum Gasteiger partial charge on any atom is 0.356 e. The summed E-state index contributed by atoms with van der Waals surface area (Å²) in [7, 11) is 0. The molecule has 138 valence electrons. The van der Waals surface area contributed by atoms with Gasteiger partial charge in [-0.25, -0.2) is 4.79 Å². The number of carbonyl (C=O) groups excluding carboxylic acids is 2. The minimum absolute atomic E-state index is 0.0936. The van der Waals surface area contributed by atoms with E-state index in [2.05, 4.69) is 11.6 Å². The van der Waals surface area contributed by atoms with E-state index in [1.165, 1.54) is 22.7 Å². The van der Waals surface area contributed by atoms with Gasteiger partial charge in [-0.2, -0.15) is 0 Å². The normalized spacial score (nSPS) is 22.7. The van der Waals surface area contributed by atoms with Crippen LogP contribution >= 0.6 is 11.8 Å². The summed E-state index contributed by atoms with van der Waals surface area (Å²) in [4.78, 5) is 31.4. The second-order valence-corrected chi connectivity index (χ2v) is 7.57. The van der Waals surface area contributed by atoms with Crippen LogP contribution in [0.4, 0.5) is 0 Å². The van der Waals surface area contributed by atoms with Crippen molar-refractivity contribution in [3.05, 3.63) is 52.8 Å². The Morgan fingerprint density at radius 3 is 3.04 bits per heavy atom. The summed E-state index contributed by atoms with van der Waals surface area (Å²) in [6.45, 7) is 7.18. The first kappa shape index (κ1) is 18.7. The van der Waals surface area contributed by atoms with Gasteiger partial charge in [0.25, 0.3) is 0 Å². The quantitative estimate of drug-likeness (QED) is 0.448. The molecule has 3 rings (SSSR count). The molecule has 1 saturated heterocycles. The number of aryl methyl sites for hydroxylation is 1. The van der Waals surface area contributed by atoms with Crippen LogP contribution in [0.2, 0.25) is 0 Å². The zero-order valence-corrected chi connectivity index (χ0v) is 15.7. The number of esters is 1. The van der Waals surface area contributed by atoms with Crippen LogP contribution < -0.4 is 0 Å². The summed E-state index contributed by atoms with van der Waals surface area (Å²) in [6.07, 6.45) is 3.08. The summed E-state index contributed by atoms with van der Waals surface area (Å²) >= 11 is 1.53. The molecule has 0 aliphatic carbocycles. The fraction of sp³-hybridized carbons (Fsp3) is 0.421. The smallest absolute Gasteiger partial charge is 0.356 e. The Bertz CT molecular complexity index is 775. The number of aliphatic hydroxyl groups is 1. The average molecular weight is 374 g/mol. The van der Waals surface area contributed by atoms with E-state index in [9.17, 15) is 14.7 Å². The molecule has 0 aromatic carbocycles. The van der Waals surface area contributed by atoms with Gasteiger partial charge in [0, 0.05) is 29.0 Å². The first-order valence-corrected chi connectivity index (χ1v) is 9.49. The third kappa shape index (κ3) is 3.41. The Hall–Kier alpha value is -2.12. The Morgan fingerprint density at radius 2 is 2.38 bits per heavy atom. The maximum atomic E-state index is 12.5. The van der Waals surface area contributed by atoms with E-state index < -0.39 is 18.0 Å². The fourth-order valence-electron chi connectivity index (χ4n) is 3.42. The number of carbonyl (C=O) groups is 2. The predicted octanol–water partition coefficient (Wildman–Crippen LogP) is 2.18. The van der Waals surface area contributed by atoms with Gasteiger partial charge in [0.05, 0.1) is 18.1 Å². The number of rotatable bonds is 7. The number of hydrogen-bond donors (Lipinski definition) is 1. The number of aromatic nitrogens is 1. The lowest BCUT2D eigenvalue weighted by Gasteiger charge is -2.44. The molecule has 2 aliphatic rings. The molecule has 3 atom stereocenters. The van der Waals surface area contributed by atoms with E-state index in [-0.39, 0.29) is 18.6 Å². The average Bonchev–Trinajstić information content (AvgIpc) is 2.91. The number of hydrogen-bond acceptors (Lipinski definition) is 6. The van der Waals surface area contributed by atoms with Crippen molar-refractivity contribution in [2.24, 2.45) is 5.92 Å². The Labute approximate surface area is 156 Å². The number of thioether (sulfide) groups is 1. The van der Waals surface area contributed by atoms with Gasteiger partial charge in [0.2, 0.25) is 5.91 Å². The van der Waals surface area contributed by atoms with E-state index in [0.29, 0.717) is 17.9 Å². The third-order valence-electron chi connectivity index (χ3n) is 4.59. The van der Waals surface area contributed by atoms with Gasteiger partial charge in [-0.15, -0.1) is 11.8 Å². The number of ether oxygens (including phenoxy) is 1. The standard InChI is InChI=1S/C19H22N2O4S/c1-4-7-25-19(24)17-15(26-10-13-5-6-20-11(2)8-13)9-14-16(12(3)22)18(23)21(14)17/h4-6,8,12,14,16,22H,1,7,9-10H2,2-3H3/t12-,14-,16-/m1/s1. The number of nitrogens with zero attached hydrogens (tertiary/aromatic N) is 2. The minimum atomic E-state index is -0.735. The molecule has 1 aromatic heterocycles. The first-order valence-electron chi connectivity index (χ1n) is 8.50. The zero-order chi connectivity index (χ0) is 18.8. The molecule has 0 spiro atoms. The monoisotopic (exact) mass is 374 g/mol. The van der Waals surface area contributed by atoms with E-state index in [0.717, 1.165) is 16.2 Å². The molecule has 1 aromatic rings. The fourth-order valence-corrected chi connectivity index (χ4v) is 4.54. The topological polar surface area (TPSA) is 79.7 Å². The summed E-state index contributed by atoms with van der Waals surface area (Å²) in [5, 5.41) is 9.87. The van der Waals surface area contributed by atoms with E-state index >= 15 is 0 Å². The molecule has 7 heteroatoms. The molecule has 26 heavy (non-hydrogen) atoms. The van der Waals surface area contributed by atoms with Crippen LogP contribution in [0.5, 0.6) is 0 Å². The number of fused-ring (bicyclic) bond motifs is 1. The summed E-state index contributed by atoms with van der Waals surface area (Å²) < 4.78 is 5.18. The molecule has 0 radical (unpaired) electrons. The van der Waals surface area contributed by atoms with Gasteiger partial charge >= 0.3 is 5.97 Å². The molecule has 0 bridgehead atoms. The van der Waals surface area contributed by atoms with Crippen LogP contribution in [0.25, 0.3) is 0 Å². The van der Waals surface area contributed by atoms with Crippen molar-refractivity contribution >= 4 is 23.6 Å². The molecule has 0 unspecified atom stereocenters. The Morgan fingerprint density at radius 1 is 1.62 bits per heavy atom. The highest BCUT2D eigenvalue weighted by Crippen LogP contribution is 2.47. The first-order chi connectivity index (χ1) is 12.4. The van der Waals surface area contributed by atoms with Crippen molar-refractivity contribution in [1.82, 2.24) is 9.88 Å². The van der Waals surface area contributed by atoms with Crippen LogP contribution in [0, 0.1) is 12.8 Å². The van der Waals surface area contributed by atoms with Crippen molar-refractivity contribution in [2.75, 3.05) is 6.61 Å². The molecular weight excluding hydrogens is 352 g/mol. The van der Waals surface area contributed by atoms with Crippen LogP contribution in [0.3, 0.4) is 0 Å². The Kier molecular flexibility index (Phi) is 5.48. The zero-order valence-electron chi connectivity index (χ0n) is 14.8. The predicted molar refractivity (Wildman–Crippen MR) is 98.9 cm³/mol. The SMILES string of the molecule is C=CCOC(=O)C1=C(SCc2ccnc(C)c2)C[C@@H]2[C@@H]([C@@H](C)O)C(=O)N12. The molecule has 1 fully saturated rings. The van der Waals surface area contributed by atoms with Crippen molar-refractivity contribution in [3.63, 3.8) is 0 Å². The molecule has 3 heterocycles. The third-order valence-corrected chi connectivity index (χ3v) is 5.77. The lowest BCUT2D eigenvalue weighted by atomic mass is 9.83. The van der Waals surface area contributed by atoms with Crippen LogP contribution in [-0.4, -0.2) is 45.6 Å². The molecule has 1 N–H and O–H groups in total. The van der Waals surface area contributed by atoms with Crippen LogP contribution in [0.15, 0.2) is 41.6 Å². The Balaban J connectivity index is 1.81. The number of β-lactam (4-membered cyclic amide) rings is 1. The van der Waals surface area contributed by atoms with Gasteiger partial charge < -0.3 is 14.7 Å². The molecular formula is C19H22N2O4S. The van der Waals surface area contributed by atoms with Crippen LogP contribution in [-0.2, 0) is 20.1 Å². The largest absolute Gasteiger partial charge is 0.457 e.